The first-order valence-corrected chi connectivity index (χ1v) is 5.40. The largest absolute Gasteiger partial charge is 0.378 e. The number of carbonyl (C=O) groups is 1. The third-order valence-corrected chi connectivity index (χ3v) is 3.19. The van der Waals surface area contributed by atoms with Crippen LogP contribution in [0.4, 0.5) is 0 Å². The molecule has 0 N–H and O–H groups in total. The predicted molar refractivity (Wildman–Crippen MR) is 56.4 cm³/mol. The summed E-state index contributed by atoms with van der Waals surface area (Å²) in [6, 6.07) is 0. The molecule has 82 valence electrons. The van der Waals surface area contributed by atoms with Crippen LogP contribution in [0.2, 0.25) is 0 Å². The van der Waals surface area contributed by atoms with Crippen LogP contribution in [-0.4, -0.2) is 43.5 Å². The van der Waals surface area contributed by atoms with Crippen molar-refractivity contribution in [1.82, 2.24) is 4.90 Å². The lowest BCUT2D eigenvalue weighted by molar-refractivity contribution is -0.128. The van der Waals surface area contributed by atoms with Gasteiger partial charge in [0, 0.05) is 6.61 Å². The van der Waals surface area contributed by atoms with Crippen molar-refractivity contribution in [2.24, 2.45) is 0 Å². The molecule has 1 rings (SSSR count). The highest BCUT2D eigenvalue weighted by Crippen LogP contribution is 2.29. The van der Waals surface area contributed by atoms with Crippen LogP contribution in [0.25, 0.3) is 0 Å². The third-order valence-electron chi connectivity index (χ3n) is 3.19. The van der Waals surface area contributed by atoms with E-state index in [9.17, 15) is 4.79 Å². The second-order valence-corrected chi connectivity index (χ2v) is 4.35. The van der Waals surface area contributed by atoms with Crippen molar-refractivity contribution >= 4 is 6.29 Å². The topological polar surface area (TPSA) is 29.5 Å². The van der Waals surface area contributed by atoms with Crippen LogP contribution >= 0.6 is 0 Å². The second-order valence-electron chi connectivity index (χ2n) is 4.35. The number of likely N-dealkylation sites (N-methyl/N-ethyl adjacent to an activating group) is 1. The maximum Gasteiger partial charge on any atom is 0.140 e. The average Bonchev–Trinajstić information content (AvgIpc) is 2.18. The van der Waals surface area contributed by atoms with Gasteiger partial charge in [0.2, 0.25) is 0 Å². The number of rotatable bonds is 4. The van der Waals surface area contributed by atoms with Crippen molar-refractivity contribution in [2.75, 3.05) is 20.7 Å². The SMILES string of the molecule is CCCC1CC(C=O)(N(C)C)CCO1. The Morgan fingerprint density at radius 3 is 2.79 bits per heavy atom. The van der Waals surface area contributed by atoms with Crippen LogP contribution in [0.3, 0.4) is 0 Å². The van der Waals surface area contributed by atoms with E-state index in [1.54, 1.807) is 0 Å². The standard InChI is InChI=1S/C11H21NO2/c1-4-5-10-8-11(9-13,12(2)3)6-7-14-10/h9-10H,4-8H2,1-3H3. The third kappa shape index (κ3) is 2.34. The Kier molecular flexibility index (Phi) is 4.08. The molecule has 2 atom stereocenters. The van der Waals surface area contributed by atoms with Gasteiger partial charge in [0.05, 0.1) is 11.6 Å². The van der Waals surface area contributed by atoms with Crippen LogP contribution in [0, 0.1) is 0 Å². The summed E-state index contributed by atoms with van der Waals surface area (Å²) in [6.45, 7) is 2.86. The molecule has 14 heavy (non-hydrogen) atoms. The van der Waals surface area contributed by atoms with Gasteiger partial charge in [-0.3, -0.25) is 4.90 Å². The molecule has 1 fully saturated rings. The molecule has 1 aliphatic heterocycles. The molecule has 0 saturated carbocycles. The molecule has 0 aromatic rings. The van der Waals surface area contributed by atoms with E-state index in [2.05, 4.69) is 6.92 Å². The lowest BCUT2D eigenvalue weighted by Gasteiger charge is -2.41. The predicted octanol–water partition coefficient (Wildman–Crippen LogP) is 1.46. The molecule has 0 aromatic carbocycles. The van der Waals surface area contributed by atoms with Gasteiger partial charge < -0.3 is 9.53 Å². The molecule has 0 spiro atoms. The first-order valence-electron chi connectivity index (χ1n) is 5.40. The Hall–Kier alpha value is -0.410. The molecule has 1 heterocycles. The van der Waals surface area contributed by atoms with E-state index in [-0.39, 0.29) is 11.6 Å². The minimum atomic E-state index is -0.280. The van der Waals surface area contributed by atoms with E-state index in [0.29, 0.717) is 6.61 Å². The molecular weight excluding hydrogens is 178 g/mol. The summed E-state index contributed by atoms with van der Waals surface area (Å²) in [6.07, 6.45) is 5.21. The van der Waals surface area contributed by atoms with Crippen molar-refractivity contribution in [2.45, 2.75) is 44.2 Å². The molecule has 0 amide bonds. The van der Waals surface area contributed by atoms with Crippen LogP contribution < -0.4 is 0 Å². The van der Waals surface area contributed by atoms with E-state index in [1.165, 1.54) is 0 Å². The van der Waals surface area contributed by atoms with Crippen molar-refractivity contribution in [3.63, 3.8) is 0 Å². The number of carbonyl (C=O) groups excluding carboxylic acids is 1. The van der Waals surface area contributed by atoms with Gasteiger partial charge in [-0.15, -0.1) is 0 Å². The van der Waals surface area contributed by atoms with Gasteiger partial charge >= 0.3 is 0 Å². The normalized spacial score (nSPS) is 33.3. The van der Waals surface area contributed by atoms with Crippen LogP contribution in [0.5, 0.6) is 0 Å². The van der Waals surface area contributed by atoms with Gasteiger partial charge in [0.15, 0.2) is 0 Å². The van der Waals surface area contributed by atoms with Crippen molar-refractivity contribution < 1.29 is 9.53 Å². The number of nitrogens with zero attached hydrogens (tertiary/aromatic N) is 1. The lowest BCUT2D eigenvalue weighted by atomic mass is 9.85. The van der Waals surface area contributed by atoms with Crippen LogP contribution in [0.15, 0.2) is 0 Å². The number of hydrogen-bond acceptors (Lipinski definition) is 3. The number of aldehydes is 1. The molecule has 0 bridgehead atoms. The van der Waals surface area contributed by atoms with E-state index in [0.717, 1.165) is 32.0 Å². The van der Waals surface area contributed by atoms with Gasteiger partial charge in [-0.1, -0.05) is 13.3 Å². The zero-order valence-electron chi connectivity index (χ0n) is 9.45. The molecule has 0 aliphatic carbocycles. The summed E-state index contributed by atoms with van der Waals surface area (Å²) < 4.78 is 5.64. The zero-order chi connectivity index (χ0) is 10.6. The molecule has 1 aliphatic rings. The highest BCUT2D eigenvalue weighted by molar-refractivity contribution is 5.64. The Morgan fingerprint density at radius 1 is 1.57 bits per heavy atom. The first-order chi connectivity index (χ1) is 6.64. The summed E-state index contributed by atoms with van der Waals surface area (Å²) in [5.74, 6) is 0. The molecule has 0 radical (unpaired) electrons. The van der Waals surface area contributed by atoms with Crippen LogP contribution in [-0.2, 0) is 9.53 Å². The highest BCUT2D eigenvalue weighted by Gasteiger charge is 2.38. The zero-order valence-corrected chi connectivity index (χ0v) is 9.45. The van der Waals surface area contributed by atoms with Crippen molar-refractivity contribution in [3.8, 4) is 0 Å². The molecule has 3 nitrogen and oxygen atoms in total. The quantitative estimate of drug-likeness (QED) is 0.642. The summed E-state index contributed by atoms with van der Waals surface area (Å²) in [7, 11) is 3.95. The summed E-state index contributed by atoms with van der Waals surface area (Å²) in [4.78, 5) is 13.2. The van der Waals surface area contributed by atoms with E-state index < -0.39 is 0 Å². The average molecular weight is 199 g/mol. The van der Waals surface area contributed by atoms with E-state index in [4.69, 9.17) is 4.74 Å². The minimum absolute atomic E-state index is 0.265. The molecule has 2 unspecified atom stereocenters. The Bertz CT molecular complexity index is 192. The molecule has 0 aromatic heterocycles. The minimum Gasteiger partial charge on any atom is -0.378 e. The van der Waals surface area contributed by atoms with Crippen molar-refractivity contribution in [3.05, 3.63) is 0 Å². The van der Waals surface area contributed by atoms with Gasteiger partial charge in [-0.2, -0.15) is 0 Å². The van der Waals surface area contributed by atoms with E-state index >= 15 is 0 Å². The summed E-state index contributed by atoms with van der Waals surface area (Å²) in [5.41, 5.74) is -0.280. The summed E-state index contributed by atoms with van der Waals surface area (Å²) >= 11 is 0. The summed E-state index contributed by atoms with van der Waals surface area (Å²) in [5, 5.41) is 0. The van der Waals surface area contributed by atoms with Gasteiger partial charge in [-0.05, 0) is 33.4 Å². The van der Waals surface area contributed by atoms with Gasteiger partial charge in [-0.25, -0.2) is 0 Å². The Balaban J connectivity index is 2.64. The maximum absolute atomic E-state index is 11.2. The van der Waals surface area contributed by atoms with E-state index in [1.807, 2.05) is 19.0 Å². The van der Waals surface area contributed by atoms with Gasteiger partial charge in [0.1, 0.15) is 6.29 Å². The van der Waals surface area contributed by atoms with Crippen molar-refractivity contribution in [1.29, 1.82) is 0 Å². The smallest absolute Gasteiger partial charge is 0.140 e. The number of ether oxygens (including phenoxy) is 1. The second kappa shape index (κ2) is 4.89. The maximum atomic E-state index is 11.2. The number of hydrogen-bond donors (Lipinski definition) is 0. The fraction of sp³-hybridized carbons (Fsp3) is 0.909. The fourth-order valence-corrected chi connectivity index (χ4v) is 2.08. The highest BCUT2D eigenvalue weighted by atomic mass is 16.5. The molecular formula is C11H21NO2. The first kappa shape index (κ1) is 11.7. The monoisotopic (exact) mass is 199 g/mol. The Labute approximate surface area is 86.4 Å². The van der Waals surface area contributed by atoms with Gasteiger partial charge in [0.25, 0.3) is 0 Å². The molecule has 1 saturated heterocycles. The van der Waals surface area contributed by atoms with Crippen LogP contribution in [0.1, 0.15) is 32.6 Å². The molecule has 3 heteroatoms. The lowest BCUT2D eigenvalue weighted by Crippen LogP contribution is -2.52. The Morgan fingerprint density at radius 2 is 2.29 bits per heavy atom. The fourth-order valence-electron chi connectivity index (χ4n) is 2.08.